The SMILES string of the molecule is CC(NCC1(O)CCC1)c1ccc(Cl)cc1Cl. The van der Waals surface area contributed by atoms with E-state index in [1.54, 1.807) is 6.07 Å². The van der Waals surface area contributed by atoms with Gasteiger partial charge in [-0.2, -0.15) is 0 Å². The molecule has 1 atom stereocenters. The number of hydrogen-bond donors (Lipinski definition) is 2. The molecule has 0 bridgehead atoms. The standard InChI is InChI=1S/C13H17Cl2NO/c1-9(16-8-13(17)5-2-6-13)11-4-3-10(14)7-12(11)15/h3-4,7,9,16-17H,2,5-6,8H2,1H3. The largest absolute Gasteiger partial charge is 0.389 e. The predicted molar refractivity (Wildman–Crippen MR) is 71.7 cm³/mol. The van der Waals surface area contributed by atoms with Gasteiger partial charge in [-0.3, -0.25) is 0 Å². The molecular weight excluding hydrogens is 257 g/mol. The third-order valence-corrected chi connectivity index (χ3v) is 4.01. The van der Waals surface area contributed by atoms with Crippen molar-refractivity contribution in [3.05, 3.63) is 33.8 Å². The maximum absolute atomic E-state index is 10.0. The molecule has 1 saturated carbocycles. The average Bonchev–Trinajstić information content (AvgIpc) is 2.23. The quantitative estimate of drug-likeness (QED) is 0.879. The summed E-state index contributed by atoms with van der Waals surface area (Å²) in [7, 11) is 0. The minimum Gasteiger partial charge on any atom is -0.389 e. The maximum Gasteiger partial charge on any atom is 0.0771 e. The Hall–Kier alpha value is -0.280. The summed E-state index contributed by atoms with van der Waals surface area (Å²) in [4.78, 5) is 0. The van der Waals surface area contributed by atoms with E-state index in [1.807, 2.05) is 19.1 Å². The van der Waals surface area contributed by atoms with Crippen molar-refractivity contribution in [2.75, 3.05) is 6.54 Å². The maximum atomic E-state index is 10.0. The molecule has 0 saturated heterocycles. The summed E-state index contributed by atoms with van der Waals surface area (Å²) in [5.74, 6) is 0. The molecule has 94 valence electrons. The molecule has 0 spiro atoms. The molecule has 0 aromatic heterocycles. The van der Waals surface area contributed by atoms with Crippen LogP contribution in [0.25, 0.3) is 0 Å². The van der Waals surface area contributed by atoms with Crippen LogP contribution in [0.5, 0.6) is 0 Å². The number of benzene rings is 1. The van der Waals surface area contributed by atoms with Crippen molar-refractivity contribution in [1.29, 1.82) is 0 Å². The van der Waals surface area contributed by atoms with E-state index < -0.39 is 5.60 Å². The molecule has 1 aliphatic rings. The third-order valence-electron chi connectivity index (χ3n) is 3.45. The molecule has 0 radical (unpaired) electrons. The first-order chi connectivity index (χ1) is 8.00. The van der Waals surface area contributed by atoms with Gasteiger partial charge in [-0.05, 0) is 43.9 Å². The van der Waals surface area contributed by atoms with E-state index >= 15 is 0 Å². The molecule has 2 N–H and O–H groups in total. The van der Waals surface area contributed by atoms with Crippen molar-refractivity contribution in [3.63, 3.8) is 0 Å². The van der Waals surface area contributed by atoms with Crippen molar-refractivity contribution < 1.29 is 5.11 Å². The van der Waals surface area contributed by atoms with E-state index in [1.165, 1.54) is 0 Å². The molecule has 1 fully saturated rings. The van der Waals surface area contributed by atoms with Gasteiger partial charge < -0.3 is 10.4 Å². The zero-order valence-electron chi connectivity index (χ0n) is 9.84. The lowest BCUT2D eigenvalue weighted by atomic mass is 9.80. The van der Waals surface area contributed by atoms with Gasteiger partial charge in [0.1, 0.15) is 0 Å². The van der Waals surface area contributed by atoms with E-state index in [0.29, 0.717) is 16.6 Å². The fourth-order valence-corrected chi connectivity index (χ4v) is 2.64. The Balaban J connectivity index is 1.96. The van der Waals surface area contributed by atoms with Crippen LogP contribution in [0, 0.1) is 0 Å². The third kappa shape index (κ3) is 3.14. The highest BCUT2D eigenvalue weighted by atomic mass is 35.5. The van der Waals surface area contributed by atoms with E-state index in [-0.39, 0.29) is 6.04 Å². The molecule has 4 heteroatoms. The Morgan fingerprint density at radius 2 is 2.12 bits per heavy atom. The van der Waals surface area contributed by atoms with Crippen LogP contribution in [0.1, 0.15) is 37.8 Å². The molecule has 0 heterocycles. The monoisotopic (exact) mass is 273 g/mol. The van der Waals surface area contributed by atoms with Gasteiger partial charge >= 0.3 is 0 Å². The minimum atomic E-state index is -0.507. The highest BCUT2D eigenvalue weighted by Crippen LogP contribution is 2.32. The Morgan fingerprint density at radius 3 is 2.65 bits per heavy atom. The topological polar surface area (TPSA) is 32.3 Å². The summed E-state index contributed by atoms with van der Waals surface area (Å²) in [5.41, 5.74) is 0.506. The first kappa shape index (κ1) is 13.2. The molecule has 1 aliphatic carbocycles. The highest BCUT2D eigenvalue weighted by molar-refractivity contribution is 6.35. The number of halogens is 2. The normalized spacial score (nSPS) is 19.8. The van der Waals surface area contributed by atoms with Crippen molar-refractivity contribution in [2.24, 2.45) is 0 Å². The first-order valence-corrected chi connectivity index (χ1v) is 6.66. The molecule has 0 aliphatic heterocycles. The first-order valence-electron chi connectivity index (χ1n) is 5.91. The Kier molecular flexibility index (Phi) is 3.99. The van der Waals surface area contributed by atoms with E-state index in [0.717, 1.165) is 24.8 Å². The van der Waals surface area contributed by atoms with E-state index in [4.69, 9.17) is 23.2 Å². The highest BCUT2D eigenvalue weighted by Gasteiger charge is 2.34. The molecule has 1 unspecified atom stereocenters. The van der Waals surface area contributed by atoms with Crippen molar-refractivity contribution in [3.8, 4) is 0 Å². The summed E-state index contributed by atoms with van der Waals surface area (Å²) in [6, 6.07) is 5.62. The molecule has 0 amide bonds. The van der Waals surface area contributed by atoms with Gasteiger partial charge in [0.05, 0.1) is 5.60 Å². The van der Waals surface area contributed by atoms with E-state index in [9.17, 15) is 5.11 Å². The molecule has 2 nitrogen and oxygen atoms in total. The van der Waals surface area contributed by atoms with Crippen molar-refractivity contribution in [2.45, 2.75) is 37.8 Å². The van der Waals surface area contributed by atoms with Gasteiger partial charge in [-0.15, -0.1) is 0 Å². The zero-order chi connectivity index (χ0) is 12.5. The van der Waals surface area contributed by atoms with Crippen LogP contribution in [-0.4, -0.2) is 17.3 Å². The molecule has 17 heavy (non-hydrogen) atoms. The van der Waals surface area contributed by atoms with Crippen LogP contribution >= 0.6 is 23.2 Å². The van der Waals surface area contributed by atoms with Gasteiger partial charge in [-0.25, -0.2) is 0 Å². The lowest BCUT2D eigenvalue weighted by Gasteiger charge is -2.37. The molecule has 1 aromatic carbocycles. The second-order valence-electron chi connectivity index (χ2n) is 4.85. The lowest BCUT2D eigenvalue weighted by Crippen LogP contribution is -2.46. The van der Waals surface area contributed by atoms with Gasteiger partial charge in [0, 0.05) is 22.6 Å². The van der Waals surface area contributed by atoms with Gasteiger partial charge in [0.2, 0.25) is 0 Å². The molecule has 1 aromatic rings. The number of rotatable bonds is 4. The second kappa shape index (κ2) is 5.15. The average molecular weight is 274 g/mol. The van der Waals surface area contributed by atoms with Gasteiger partial charge in [0.15, 0.2) is 0 Å². The number of nitrogens with one attached hydrogen (secondary N) is 1. The Bertz CT molecular complexity index is 404. The van der Waals surface area contributed by atoms with Crippen LogP contribution in [-0.2, 0) is 0 Å². The van der Waals surface area contributed by atoms with Gasteiger partial charge in [0.25, 0.3) is 0 Å². The summed E-state index contributed by atoms with van der Waals surface area (Å²) in [6.45, 7) is 2.66. The summed E-state index contributed by atoms with van der Waals surface area (Å²) < 4.78 is 0. The van der Waals surface area contributed by atoms with Crippen LogP contribution in [0.4, 0.5) is 0 Å². The number of aliphatic hydroxyl groups is 1. The van der Waals surface area contributed by atoms with Crippen molar-refractivity contribution >= 4 is 23.2 Å². The summed E-state index contributed by atoms with van der Waals surface area (Å²) in [5, 5.41) is 14.6. The van der Waals surface area contributed by atoms with Crippen molar-refractivity contribution in [1.82, 2.24) is 5.32 Å². The van der Waals surface area contributed by atoms with Crippen LogP contribution in [0.15, 0.2) is 18.2 Å². The van der Waals surface area contributed by atoms with E-state index in [2.05, 4.69) is 5.32 Å². The second-order valence-corrected chi connectivity index (χ2v) is 5.69. The number of hydrogen-bond acceptors (Lipinski definition) is 2. The van der Waals surface area contributed by atoms with Gasteiger partial charge in [-0.1, -0.05) is 29.3 Å². The summed E-state index contributed by atoms with van der Waals surface area (Å²) in [6.07, 6.45) is 2.90. The molecule has 2 rings (SSSR count). The summed E-state index contributed by atoms with van der Waals surface area (Å²) >= 11 is 12.0. The molecular formula is C13H17Cl2NO. The fourth-order valence-electron chi connectivity index (χ4n) is 2.07. The van der Waals surface area contributed by atoms with Crippen LogP contribution in [0.2, 0.25) is 10.0 Å². The predicted octanol–water partition coefficient (Wildman–Crippen LogP) is 3.56. The minimum absolute atomic E-state index is 0.115. The zero-order valence-corrected chi connectivity index (χ0v) is 11.4. The fraction of sp³-hybridized carbons (Fsp3) is 0.538. The lowest BCUT2D eigenvalue weighted by molar-refractivity contribution is -0.0329. The smallest absolute Gasteiger partial charge is 0.0771 e. The van der Waals surface area contributed by atoms with Crippen LogP contribution < -0.4 is 5.32 Å². The Morgan fingerprint density at radius 1 is 1.41 bits per heavy atom. The Labute approximate surface area is 112 Å². The van der Waals surface area contributed by atoms with Crippen LogP contribution in [0.3, 0.4) is 0 Å².